The van der Waals surface area contributed by atoms with Crippen LogP contribution < -0.4 is 0 Å². The number of hydrogen-bond donors (Lipinski definition) is 0. The summed E-state index contributed by atoms with van der Waals surface area (Å²) in [6.45, 7) is 8.15. The van der Waals surface area contributed by atoms with Gasteiger partial charge in [0.15, 0.2) is 0 Å². The van der Waals surface area contributed by atoms with E-state index in [-0.39, 0.29) is 23.0 Å². The maximum Gasteiger partial charge on any atom is 0.257 e. The van der Waals surface area contributed by atoms with Crippen molar-refractivity contribution in [3.8, 4) is 0 Å². The van der Waals surface area contributed by atoms with Gasteiger partial charge in [0.1, 0.15) is 0 Å². The van der Waals surface area contributed by atoms with Crippen LogP contribution in [0.25, 0.3) is 0 Å². The number of carbonyl (C=O) groups excluding carboxylic acids is 1. The van der Waals surface area contributed by atoms with Crippen LogP contribution in [0.15, 0.2) is 12.1 Å². The number of benzene rings is 1. The fourth-order valence-corrected chi connectivity index (χ4v) is 2.77. The Kier molecular flexibility index (Phi) is 6.63. The Hall–Kier alpha value is -0.440. The molecule has 0 radical (unpaired) electrons. The predicted octanol–water partition coefficient (Wildman–Crippen LogP) is 5.69. The van der Waals surface area contributed by atoms with Gasteiger partial charge in [-0.2, -0.15) is 0 Å². The molecule has 2 atom stereocenters. The van der Waals surface area contributed by atoms with E-state index in [1.165, 1.54) is 0 Å². The predicted molar refractivity (Wildman–Crippen MR) is 87.1 cm³/mol. The average Bonchev–Trinajstić information content (AvgIpc) is 2.43. The standard InChI is InChI=1S/C15H20Cl3NO/c1-5-9(3)19(10(4)6-2)15(20)13-11(16)7-8-12(17)14(13)18/h7-10H,5-6H2,1-4H3. The van der Waals surface area contributed by atoms with Gasteiger partial charge in [0.25, 0.3) is 5.91 Å². The van der Waals surface area contributed by atoms with Gasteiger partial charge in [-0.25, -0.2) is 0 Å². The van der Waals surface area contributed by atoms with Gasteiger partial charge < -0.3 is 4.90 Å². The van der Waals surface area contributed by atoms with Gasteiger partial charge in [-0.1, -0.05) is 48.7 Å². The highest BCUT2D eigenvalue weighted by Gasteiger charge is 2.28. The number of halogens is 3. The van der Waals surface area contributed by atoms with E-state index in [0.29, 0.717) is 15.6 Å². The molecule has 0 heterocycles. The first-order chi connectivity index (χ1) is 9.34. The molecule has 0 spiro atoms. The van der Waals surface area contributed by atoms with E-state index in [9.17, 15) is 4.79 Å². The zero-order valence-corrected chi connectivity index (χ0v) is 14.5. The van der Waals surface area contributed by atoms with E-state index in [1.807, 2.05) is 18.7 Å². The molecule has 0 aromatic heterocycles. The third kappa shape index (κ3) is 3.60. The third-order valence-corrected chi connectivity index (χ3v) is 4.74. The highest BCUT2D eigenvalue weighted by molar-refractivity contribution is 6.46. The second kappa shape index (κ2) is 7.53. The van der Waals surface area contributed by atoms with Gasteiger partial charge in [0.05, 0.1) is 20.6 Å². The third-order valence-electron chi connectivity index (χ3n) is 3.62. The number of nitrogens with zero attached hydrogens (tertiary/aromatic N) is 1. The normalized spacial score (nSPS) is 13.9. The molecule has 0 saturated heterocycles. The quantitative estimate of drug-likeness (QED) is 0.633. The van der Waals surface area contributed by atoms with Gasteiger partial charge in [0.2, 0.25) is 0 Å². The lowest BCUT2D eigenvalue weighted by Gasteiger charge is -2.34. The topological polar surface area (TPSA) is 20.3 Å². The van der Waals surface area contributed by atoms with Crippen molar-refractivity contribution in [2.75, 3.05) is 0 Å². The van der Waals surface area contributed by atoms with E-state index in [4.69, 9.17) is 34.8 Å². The summed E-state index contributed by atoms with van der Waals surface area (Å²) in [6, 6.07) is 3.43. The van der Waals surface area contributed by atoms with E-state index < -0.39 is 0 Å². The summed E-state index contributed by atoms with van der Waals surface area (Å²) in [7, 11) is 0. The second-order valence-electron chi connectivity index (χ2n) is 4.95. The first-order valence-corrected chi connectivity index (χ1v) is 7.94. The molecular weight excluding hydrogens is 317 g/mol. The van der Waals surface area contributed by atoms with Crippen molar-refractivity contribution in [1.82, 2.24) is 4.90 Å². The molecule has 20 heavy (non-hydrogen) atoms. The summed E-state index contributed by atoms with van der Waals surface area (Å²) in [5.74, 6) is -0.161. The van der Waals surface area contributed by atoms with E-state index in [0.717, 1.165) is 12.8 Å². The van der Waals surface area contributed by atoms with Gasteiger partial charge >= 0.3 is 0 Å². The monoisotopic (exact) mass is 335 g/mol. The molecule has 0 fully saturated rings. The highest BCUT2D eigenvalue weighted by atomic mass is 35.5. The lowest BCUT2D eigenvalue weighted by Crippen LogP contribution is -2.44. The molecule has 0 N–H and O–H groups in total. The number of carbonyl (C=O) groups is 1. The maximum atomic E-state index is 12.8. The molecule has 0 aliphatic carbocycles. The zero-order valence-electron chi connectivity index (χ0n) is 12.2. The largest absolute Gasteiger partial charge is 0.333 e. The Balaban J connectivity index is 3.29. The van der Waals surface area contributed by atoms with Crippen molar-refractivity contribution < 1.29 is 4.79 Å². The van der Waals surface area contributed by atoms with Crippen molar-refractivity contribution in [3.63, 3.8) is 0 Å². The minimum Gasteiger partial charge on any atom is -0.333 e. The van der Waals surface area contributed by atoms with Gasteiger partial charge in [-0.15, -0.1) is 0 Å². The number of amides is 1. The van der Waals surface area contributed by atoms with Crippen LogP contribution >= 0.6 is 34.8 Å². The van der Waals surface area contributed by atoms with Crippen molar-refractivity contribution in [1.29, 1.82) is 0 Å². The second-order valence-corrected chi connectivity index (χ2v) is 6.14. The van der Waals surface area contributed by atoms with Crippen LogP contribution in [-0.2, 0) is 0 Å². The summed E-state index contributed by atoms with van der Waals surface area (Å²) in [4.78, 5) is 14.7. The summed E-state index contributed by atoms with van der Waals surface area (Å²) >= 11 is 18.3. The van der Waals surface area contributed by atoms with Gasteiger partial charge in [-0.05, 0) is 38.8 Å². The average molecular weight is 337 g/mol. The highest BCUT2D eigenvalue weighted by Crippen LogP contribution is 2.33. The fraction of sp³-hybridized carbons (Fsp3) is 0.533. The Morgan fingerprint density at radius 2 is 1.50 bits per heavy atom. The van der Waals surface area contributed by atoms with Gasteiger partial charge in [0, 0.05) is 12.1 Å². The first-order valence-electron chi connectivity index (χ1n) is 6.81. The number of hydrogen-bond acceptors (Lipinski definition) is 1. The molecule has 1 aromatic rings. The molecule has 0 bridgehead atoms. The molecular formula is C15H20Cl3NO. The number of rotatable bonds is 5. The minimum absolute atomic E-state index is 0.114. The molecule has 1 rings (SSSR count). The summed E-state index contributed by atoms with van der Waals surface area (Å²) in [5, 5.41) is 0.898. The van der Waals surface area contributed by atoms with Crippen molar-refractivity contribution in [3.05, 3.63) is 32.8 Å². The van der Waals surface area contributed by atoms with Crippen LogP contribution in [0.4, 0.5) is 0 Å². The molecule has 5 heteroatoms. The maximum absolute atomic E-state index is 12.8. The van der Waals surface area contributed by atoms with Crippen LogP contribution in [0.1, 0.15) is 50.9 Å². The molecule has 2 nitrogen and oxygen atoms in total. The molecule has 2 unspecified atom stereocenters. The molecule has 1 amide bonds. The lowest BCUT2D eigenvalue weighted by molar-refractivity contribution is 0.0599. The molecule has 0 saturated carbocycles. The first kappa shape index (κ1) is 17.6. The lowest BCUT2D eigenvalue weighted by atomic mass is 10.1. The molecule has 1 aromatic carbocycles. The van der Waals surface area contributed by atoms with Gasteiger partial charge in [-0.3, -0.25) is 4.79 Å². The minimum atomic E-state index is -0.161. The Bertz CT molecular complexity index is 480. The fourth-order valence-electron chi connectivity index (χ4n) is 2.08. The SMILES string of the molecule is CCC(C)N(C(=O)c1c(Cl)ccc(Cl)c1Cl)C(C)CC. The summed E-state index contributed by atoms with van der Waals surface area (Å²) < 4.78 is 0. The van der Waals surface area contributed by atoms with Crippen molar-refractivity contribution in [2.24, 2.45) is 0 Å². The van der Waals surface area contributed by atoms with E-state index in [2.05, 4.69) is 13.8 Å². The van der Waals surface area contributed by atoms with Crippen LogP contribution in [0.2, 0.25) is 15.1 Å². The zero-order chi connectivity index (χ0) is 15.4. The smallest absolute Gasteiger partial charge is 0.257 e. The molecule has 0 aliphatic heterocycles. The molecule has 0 aliphatic rings. The van der Waals surface area contributed by atoms with E-state index in [1.54, 1.807) is 12.1 Å². The Morgan fingerprint density at radius 3 is 1.95 bits per heavy atom. The Morgan fingerprint density at radius 1 is 1.05 bits per heavy atom. The van der Waals surface area contributed by atoms with Crippen molar-refractivity contribution in [2.45, 2.75) is 52.6 Å². The van der Waals surface area contributed by atoms with Crippen LogP contribution in [0, 0.1) is 0 Å². The van der Waals surface area contributed by atoms with E-state index >= 15 is 0 Å². The van der Waals surface area contributed by atoms with Crippen LogP contribution in [-0.4, -0.2) is 22.9 Å². The van der Waals surface area contributed by atoms with Crippen molar-refractivity contribution >= 4 is 40.7 Å². The summed E-state index contributed by atoms with van der Waals surface area (Å²) in [5.41, 5.74) is 0.293. The summed E-state index contributed by atoms with van der Waals surface area (Å²) in [6.07, 6.45) is 1.73. The molecule has 112 valence electrons. The Labute approximate surface area is 136 Å². The van der Waals surface area contributed by atoms with Crippen LogP contribution in [0.3, 0.4) is 0 Å². The van der Waals surface area contributed by atoms with Crippen LogP contribution in [0.5, 0.6) is 0 Å².